The zero-order valence-corrected chi connectivity index (χ0v) is 13.6. The Kier molecular flexibility index (Phi) is 6.02. The van der Waals surface area contributed by atoms with E-state index in [1.807, 2.05) is 4.90 Å². The summed E-state index contributed by atoms with van der Waals surface area (Å²) in [4.78, 5) is 16.9. The van der Waals surface area contributed by atoms with Gasteiger partial charge in [-0.25, -0.2) is 0 Å². The van der Waals surface area contributed by atoms with Gasteiger partial charge in [-0.3, -0.25) is 4.79 Å². The van der Waals surface area contributed by atoms with Gasteiger partial charge in [-0.15, -0.1) is 0 Å². The van der Waals surface area contributed by atoms with Crippen molar-refractivity contribution in [1.82, 2.24) is 9.80 Å². The fourth-order valence-electron chi connectivity index (χ4n) is 3.34. The molecular weight excluding hydrogens is 266 g/mol. The summed E-state index contributed by atoms with van der Waals surface area (Å²) in [6, 6.07) is 0. The molecule has 0 radical (unpaired) electrons. The molecule has 0 aliphatic carbocycles. The van der Waals surface area contributed by atoms with Crippen LogP contribution in [0.25, 0.3) is 0 Å². The van der Waals surface area contributed by atoms with Gasteiger partial charge in [-0.05, 0) is 45.2 Å². The highest BCUT2D eigenvalue weighted by atomic mass is 16.5. The van der Waals surface area contributed by atoms with Crippen molar-refractivity contribution in [1.29, 1.82) is 0 Å². The highest BCUT2D eigenvalue weighted by Crippen LogP contribution is 2.23. The number of carbonyl (C=O) groups excluding carboxylic acids is 1. The molecule has 5 nitrogen and oxygen atoms in total. The number of nitrogens with zero attached hydrogens (tertiary/aromatic N) is 2. The van der Waals surface area contributed by atoms with E-state index in [1.54, 1.807) is 0 Å². The zero-order valence-electron chi connectivity index (χ0n) is 13.6. The topological polar surface area (TPSA) is 58.8 Å². The first-order chi connectivity index (χ1) is 10.0. The van der Waals surface area contributed by atoms with Crippen molar-refractivity contribution in [3.05, 3.63) is 0 Å². The van der Waals surface area contributed by atoms with Crippen LogP contribution in [0.4, 0.5) is 0 Å². The summed E-state index contributed by atoms with van der Waals surface area (Å²) in [6.45, 7) is 7.26. The van der Waals surface area contributed by atoms with E-state index < -0.39 is 5.54 Å². The largest absolute Gasteiger partial charge is 0.379 e. The van der Waals surface area contributed by atoms with Crippen LogP contribution >= 0.6 is 0 Å². The Morgan fingerprint density at radius 2 is 2.14 bits per heavy atom. The Hall–Kier alpha value is -0.650. The number of hydrogen-bond acceptors (Lipinski definition) is 4. The van der Waals surface area contributed by atoms with Crippen LogP contribution < -0.4 is 5.73 Å². The molecule has 21 heavy (non-hydrogen) atoms. The van der Waals surface area contributed by atoms with Gasteiger partial charge in [0.05, 0.1) is 6.61 Å². The summed E-state index contributed by atoms with van der Waals surface area (Å²) in [7, 11) is 2.21. The predicted octanol–water partition coefficient (Wildman–Crippen LogP) is 1.07. The van der Waals surface area contributed by atoms with E-state index in [-0.39, 0.29) is 5.91 Å². The van der Waals surface area contributed by atoms with Crippen molar-refractivity contribution in [2.45, 2.75) is 44.6 Å². The molecular formula is C16H31N3O2. The van der Waals surface area contributed by atoms with Gasteiger partial charge in [0.1, 0.15) is 5.54 Å². The van der Waals surface area contributed by atoms with E-state index in [0.717, 1.165) is 32.5 Å². The molecule has 2 aliphatic rings. The number of amides is 1. The Morgan fingerprint density at radius 3 is 2.71 bits per heavy atom. The van der Waals surface area contributed by atoms with E-state index in [1.165, 1.54) is 19.4 Å². The minimum atomic E-state index is -0.759. The van der Waals surface area contributed by atoms with Crippen molar-refractivity contribution in [2.24, 2.45) is 11.7 Å². The third-order valence-electron chi connectivity index (χ3n) is 4.84. The van der Waals surface area contributed by atoms with Crippen LogP contribution in [0.5, 0.6) is 0 Å². The van der Waals surface area contributed by atoms with Gasteiger partial charge in [-0.2, -0.15) is 0 Å². The van der Waals surface area contributed by atoms with Crippen LogP contribution in [-0.4, -0.2) is 67.7 Å². The molecule has 2 rings (SSSR count). The minimum absolute atomic E-state index is 0.0952. The number of carbonyl (C=O) groups is 1. The molecule has 1 atom stereocenters. The summed E-state index contributed by atoms with van der Waals surface area (Å²) < 4.78 is 5.30. The summed E-state index contributed by atoms with van der Waals surface area (Å²) in [5.41, 5.74) is 5.42. The summed E-state index contributed by atoms with van der Waals surface area (Å²) in [5.74, 6) is 0.808. The summed E-state index contributed by atoms with van der Waals surface area (Å²) in [5, 5.41) is 0. The molecule has 2 aliphatic heterocycles. The molecule has 0 saturated carbocycles. The molecule has 0 bridgehead atoms. The number of nitrogens with two attached hydrogens (primary N) is 1. The Labute approximate surface area is 128 Å². The lowest BCUT2D eigenvalue weighted by atomic mass is 9.92. The fourth-order valence-corrected chi connectivity index (χ4v) is 3.34. The maximum absolute atomic E-state index is 12.5. The van der Waals surface area contributed by atoms with E-state index in [0.29, 0.717) is 25.6 Å². The Bertz CT molecular complexity index is 334. The molecule has 0 aromatic rings. The quantitative estimate of drug-likeness (QED) is 0.797. The number of rotatable bonds is 6. The molecule has 122 valence electrons. The van der Waals surface area contributed by atoms with Crippen LogP contribution in [0.15, 0.2) is 0 Å². The molecule has 2 saturated heterocycles. The Morgan fingerprint density at radius 1 is 1.43 bits per heavy atom. The number of hydrogen-bond donors (Lipinski definition) is 1. The maximum Gasteiger partial charge on any atom is 0.245 e. The second kappa shape index (κ2) is 7.56. The van der Waals surface area contributed by atoms with Crippen LogP contribution in [0.3, 0.4) is 0 Å². The third-order valence-corrected chi connectivity index (χ3v) is 4.84. The van der Waals surface area contributed by atoms with Crippen LogP contribution in [0.2, 0.25) is 0 Å². The van der Waals surface area contributed by atoms with E-state index in [4.69, 9.17) is 10.5 Å². The number of piperidine rings is 1. The van der Waals surface area contributed by atoms with Crippen molar-refractivity contribution in [2.75, 3.05) is 46.4 Å². The van der Waals surface area contributed by atoms with Crippen molar-refractivity contribution in [3.8, 4) is 0 Å². The average molecular weight is 297 g/mol. The van der Waals surface area contributed by atoms with Crippen molar-refractivity contribution < 1.29 is 9.53 Å². The highest BCUT2D eigenvalue weighted by molar-refractivity contribution is 5.86. The van der Waals surface area contributed by atoms with Gasteiger partial charge in [0, 0.05) is 26.2 Å². The van der Waals surface area contributed by atoms with Gasteiger partial charge in [-0.1, -0.05) is 13.3 Å². The maximum atomic E-state index is 12.5. The first-order valence-electron chi connectivity index (χ1n) is 8.39. The lowest BCUT2D eigenvalue weighted by molar-refractivity contribution is -0.138. The number of unbranched alkanes of at least 4 members (excludes halogenated alkanes) is 1. The lowest BCUT2D eigenvalue weighted by Crippen LogP contribution is -2.57. The first kappa shape index (κ1) is 16.7. The van der Waals surface area contributed by atoms with Gasteiger partial charge in [0.15, 0.2) is 0 Å². The molecule has 2 N–H and O–H groups in total. The zero-order chi connectivity index (χ0) is 15.3. The standard InChI is InChI=1S/C16H31N3O2/c1-3-4-8-18(2)12-14-5-9-19(10-6-14)15(20)16(17)7-11-21-13-16/h14H,3-13,17H2,1-2H3. The van der Waals surface area contributed by atoms with Gasteiger partial charge in [0.25, 0.3) is 0 Å². The SMILES string of the molecule is CCCCN(C)CC1CCN(C(=O)C2(N)CCOC2)CC1. The molecule has 0 spiro atoms. The van der Waals surface area contributed by atoms with Gasteiger partial charge in [0.2, 0.25) is 5.91 Å². The van der Waals surface area contributed by atoms with E-state index in [2.05, 4.69) is 18.9 Å². The number of likely N-dealkylation sites (tertiary alicyclic amines) is 1. The monoisotopic (exact) mass is 297 g/mol. The molecule has 1 amide bonds. The molecule has 0 aromatic heterocycles. The first-order valence-corrected chi connectivity index (χ1v) is 8.39. The normalized spacial score (nSPS) is 27.5. The lowest BCUT2D eigenvalue weighted by Gasteiger charge is -2.37. The minimum Gasteiger partial charge on any atom is -0.379 e. The van der Waals surface area contributed by atoms with Crippen LogP contribution in [-0.2, 0) is 9.53 Å². The Balaban J connectivity index is 1.74. The fraction of sp³-hybridized carbons (Fsp3) is 0.938. The van der Waals surface area contributed by atoms with Crippen LogP contribution in [0.1, 0.15) is 39.0 Å². The number of ether oxygens (including phenoxy) is 1. The molecule has 0 aromatic carbocycles. The van der Waals surface area contributed by atoms with Crippen molar-refractivity contribution >= 4 is 5.91 Å². The van der Waals surface area contributed by atoms with E-state index in [9.17, 15) is 4.79 Å². The second-order valence-electron chi connectivity index (χ2n) is 6.81. The highest BCUT2D eigenvalue weighted by Gasteiger charge is 2.41. The van der Waals surface area contributed by atoms with Crippen LogP contribution in [0, 0.1) is 5.92 Å². The third kappa shape index (κ3) is 4.41. The average Bonchev–Trinajstić information content (AvgIpc) is 2.93. The van der Waals surface area contributed by atoms with Gasteiger partial charge < -0.3 is 20.3 Å². The van der Waals surface area contributed by atoms with E-state index >= 15 is 0 Å². The van der Waals surface area contributed by atoms with Gasteiger partial charge >= 0.3 is 0 Å². The summed E-state index contributed by atoms with van der Waals surface area (Å²) in [6.07, 6.45) is 5.37. The predicted molar refractivity (Wildman–Crippen MR) is 84.1 cm³/mol. The summed E-state index contributed by atoms with van der Waals surface area (Å²) >= 11 is 0. The molecule has 5 heteroatoms. The second-order valence-corrected chi connectivity index (χ2v) is 6.81. The molecule has 2 fully saturated rings. The van der Waals surface area contributed by atoms with Crippen molar-refractivity contribution in [3.63, 3.8) is 0 Å². The molecule has 1 unspecified atom stereocenters. The molecule has 2 heterocycles. The smallest absolute Gasteiger partial charge is 0.245 e.